The second kappa shape index (κ2) is 9.78. The van der Waals surface area contributed by atoms with E-state index < -0.39 is 5.91 Å². The molecule has 2 N–H and O–H groups in total. The van der Waals surface area contributed by atoms with Gasteiger partial charge >= 0.3 is 0 Å². The van der Waals surface area contributed by atoms with E-state index >= 15 is 0 Å². The van der Waals surface area contributed by atoms with E-state index in [0.717, 1.165) is 5.56 Å². The van der Waals surface area contributed by atoms with Crippen LogP contribution in [0.3, 0.4) is 0 Å². The van der Waals surface area contributed by atoms with Crippen LogP contribution in [-0.2, 0) is 11.4 Å². The smallest absolute Gasteiger partial charge is 0.277 e. The highest BCUT2D eigenvalue weighted by atomic mass is 16.5. The van der Waals surface area contributed by atoms with Gasteiger partial charge in [0.25, 0.3) is 5.91 Å². The molecule has 142 valence electrons. The number of phenols is 1. The fraction of sp³-hybridized carbons (Fsp3) is 0.0909. The van der Waals surface area contributed by atoms with Crippen LogP contribution in [0.15, 0.2) is 84.0 Å². The van der Waals surface area contributed by atoms with Gasteiger partial charge in [-0.3, -0.25) is 4.79 Å². The van der Waals surface area contributed by atoms with Gasteiger partial charge in [-0.2, -0.15) is 5.10 Å². The number of rotatable bonds is 8. The summed E-state index contributed by atoms with van der Waals surface area (Å²) in [5, 5.41) is 13.4. The number of amides is 1. The van der Waals surface area contributed by atoms with Crippen LogP contribution >= 0.6 is 0 Å². The average molecular weight is 376 g/mol. The van der Waals surface area contributed by atoms with Gasteiger partial charge in [-0.1, -0.05) is 42.5 Å². The van der Waals surface area contributed by atoms with Crippen molar-refractivity contribution in [1.29, 1.82) is 0 Å². The Morgan fingerprint density at radius 2 is 1.54 bits per heavy atom. The number of hydrogen-bond donors (Lipinski definition) is 2. The van der Waals surface area contributed by atoms with Crippen molar-refractivity contribution in [2.75, 3.05) is 6.61 Å². The first kappa shape index (κ1) is 19.0. The van der Waals surface area contributed by atoms with E-state index in [-0.39, 0.29) is 12.4 Å². The van der Waals surface area contributed by atoms with E-state index in [0.29, 0.717) is 23.7 Å². The number of benzene rings is 3. The highest BCUT2D eigenvalue weighted by molar-refractivity contribution is 5.85. The maximum Gasteiger partial charge on any atom is 0.277 e. The van der Waals surface area contributed by atoms with E-state index in [4.69, 9.17) is 9.47 Å². The average Bonchev–Trinajstić information content (AvgIpc) is 2.74. The molecule has 0 radical (unpaired) electrons. The number of ether oxygens (including phenoxy) is 2. The first-order chi connectivity index (χ1) is 13.7. The quantitative estimate of drug-likeness (QED) is 0.466. The minimum atomic E-state index is -0.406. The van der Waals surface area contributed by atoms with Crippen LogP contribution in [0.2, 0.25) is 0 Å². The lowest BCUT2D eigenvalue weighted by Crippen LogP contribution is -2.24. The molecule has 1 amide bonds. The molecule has 0 atom stereocenters. The number of nitrogens with one attached hydrogen (secondary N) is 1. The van der Waals surface area contributed by atoms with Crippen molar-refractivity contribution in [2.45, 2.75) is 6.61 Å². The fourth-order valence-corrected chi connectivity index (χ4v) is 2.32. The Hall–Kier alpha value is -3.80. The van der Waals surface area contributed by atoms with Gasteiger partial charge in [0.15, 0.2) is 6.61 Å². The Kier molecular flexibility index (Phi) is 6.62. The number of hydrogen-bond acceptors (Lipinski definition) is 5. The SMILES string of the molecule is O=C(COc1ccc(OCc2ccccc2)cc1)N/N=C\c1ccccc1O. The van der Waals surface area contributed by atoms with Crippen molar-refractivity contribution in [3.8, 4) is 17.2 Å². The van der Waals surface area contributed by atoms with Crippen LogP contribution < -0.4 is 14.9 Å². The maximum atomic E-state index is 11.8. The number of phenolic OH excluding ortho intramolecular Hbond substituents is 1. The van der Waals surface area contributed by atoms with E-state index in [1.165, 1.54) is 6.21 Å². The summed E-state index contributed by atoms with van der Waals surface area (Å²) >= 11 is 0. The molecular formula is C22H20N2O4. The minimum Gasteiger partial charge on any atom is -0.507 e. The number of hydrazone groups is 1. The predicted molar refractivity (Wildman–Crippen MR) is 107 cm³/mol. The van der Waals surface area contributed by atoms with Gasteiger partial charge in [0, 0.05) is 5.56 Å². The molecule has 0 spiro atoms. The standard InChI is InChI=1S/C22H20N2O4/c25-21-9-5-4-8-18(21)14-23-24-22(26)16-28-20-12-10-19(11-13-20)27-15-17-6-2-1-3-7-17/h1-14,25H,15-16H2,(H,24,26)/b23-14-. The number of carbonyl (C=O) groups is 1. The van der Waals surface area contributed by atoms with Crippen molar-refractivity contribution in [3.63, 3.8) is 0 Å². The molecule has 0 saturated carbocycles. The Bertz CT molecular complexity index is 925. The number of nitrogens with zero attached hydrogens (tertiary/aromatic N) is 1. The Morgan fingerprint density at radius 3 is 2.25 bits per heavy atom. The van der Waals surface area contributed by atoms with Crippen molar-refractivity contribution in [1.82, 2.24) is 5.43 Å². The van der Waals surface area contributed by atoms with Crippen LogP contribution in [0.5, 0.6) is 17.2 Å². The summed E-state index contributed by atoms with van der Waals surface area (Å²) in [6.45, 7) is 0.306. The molecule has 6 nitrogen and oxygen atoms in total. The van der Waals surface area contributed by atoms with Crippen LogP contribution in [0.4, 0.5) is 0 Å². The molecule has 0 unspecified atom stereocenters. The predicted octanol–water partition coefficient (Wildman–Crippen LogP) is 3.50. The summed E-state index contributed by atoms with van der Waals surface area (Å²) in [5.74, 6) is 0.946. The molecule has 0 heterocycles. The van der Waals surface area contributed by atoms with Crippen molar-refractivity contribution < 1.29 is 19.4 Å². The summed E-state index contributed by atoms with van der Waals surface area (Å²) in [5.41, 5.74) is 3.94. The Balaban J connectivity index is 1.41. The van der Waals surface area contributed by atoms with Gasteiger partial charge in [0.05, 0.1) is 6.21 Å². The molecule has 6 heteroatoms. The molecule has 0 aliphatic rings. The van der Waals surface area contributed by atoms with E-state index in [2.05, 4.69) is 10.5 Å². The van der Waals surface area contributed by atoms with E-state index in [1.807, 2.05) is 30.3 Å². The lowest BCUT2D eigenvalue weighted by Gasteiger charge is -2.08. The van der Waals surface area contributed by atoms with Crippen LogP contribution in [0, 0.1) is 0 Å². The van der Waals surface area contributed by atoms with Crippen molar-refractivity contribution in [2.24, 2.45) is 5.10 Å². The van der Waals surface area contributed by atoms with Gasteiger partial charge < -0.3 is 14.6 Å². The molecule has 0 aliphatic carbocycles. The van der Waals surface area contributed by atoms with Crippen LogP contribution in [0.25, 0.3) is 0 Å². The summed E-state index contributed by atoms with van der Waals surface area (Å²) in [6.07, 6.45) is 1.37. The van der Waals surface area contributed by atoms with Crippen LogP contribution in [-0.4, -0.2) is 23.8 Å². The number of aromatic hydroxyl groups is 1. The van der Waals surface area contributed by atoms with Crippen LogP contribution in [0.1, 0.15) is 11.1 Å². The number of carbonyl (C=O) groups excluding carboxylic acids is 1. The molecule has 3 aromatic carbocycles. The third kappa shape index (κ3) is 5.88. The zero-order valence-corrected chi connectivity index (χ0v) is 15.1. The summed E-state index contributed by atoms with van der Waals surface area (Å²) in [7, 11) is 0. The zero-order valence-electron chi connectivity index (χ0n) is 15.1. The molecule has 3 aromatic rings. The first-order valence-electron chi connectivity index (χ1n) is 8.70. The lowest BCUT2D eigenvalue weighted by molar-refractivity contribution is -0.123. The van der Waals surface area contributed by atoms with E-state index in [9.17, 15) is 9.90 Å². The molecule has 0 bridgehead atoms. The fourth-order valence-electron chi connectivity index (χ4n) is 2.32. The summed E-state index contributed by atoms with van der Waals surface area (Å²) < 4.78 is 11.1. The third-order valence-corrected chi connectivity index (χ3v) is 3.77. The minimum absolute atomic E-state index is 0.0892. The molecule has 0 fully saturated rings. The molecule has 0 saturated heterocycles. The second-order valence-electron chi connectivity index (χ2n) is 5.89. The zero-order chi connectivity index (χ0) is 19.6. The molecular weight excluding hydrogens is 356 g/mol. The van der Waals surface area contributed by atoms with Gasteiger partial charge in [-0.25, -0.2) is 5.43 Å². The molecule has 28 heavy (non-hydrogen) atoms. The molecule has 3 rings (SSSR count). The van der Waals surface area contributed by atoms with E-state index in [1.54, 1.807) is 48.5 Å². The maximum absolute atomic E-state index is 11.8. The number of para-hydroxylation sites is 1. The topological polar surface area (TPSA) is 80.2 Å². The van der Waals surface area contributed by atoms with Crippen molar-refractivity contribution >= 4 is 12.1 Å². The monoisotopic (exact) mass is 376 g/mol. The second-order valence-corrected chi connectivity index (χ2v) is 5.89. The van der Waals surface area contributed by atoms with Gasteiger partial charge in [0.2, 0.25) is 0 Å². The summed E-state index contributed by atoms with van der Waals surface area (Å²) in [4.78, 5) is 11.8. The summed E-state index contributed by atoms with van der Waals surface area (Å²) in [6, 6.07) is 23.6. The van der Waals surface area contributed by atoms with Gasteiger partial charge in [-0.05, 0) is 42.0 Å². The lowest BCUT2D eigenvalue weighted by atomic mass is 10.2. The highest BCUT2D eigenvalue weighted by Gasteiger charge is 2.03. The molecule has 0 aliphatic heterocycles. The third-order valence-electron chi connectivity index (χ3n) is 3.77. The van der Waals surface area contributed by atoms with Crippen molar-refractivity contribution in [3.05, 3.63) is 90.0 Å². The first-order valence-corrected chi connectivity index (χ1v) is 8.70. The Morgan fingerprint density at radius 1 is 0.893 bits per heavy atom. The van der Waals surface area contributed by atoms with Gasteiger partial charge in [0.1, 0.15) is 23.9 Å². The highest BCUT2D eigenvalue weighted by Crippen LogP contribution is 2.18. The van der Waals surface area contributed by atoms with Gasteiger partial charge in [-0.15, -0.1) is 0 Å². The normalized spacial score (nSPS) is 10.6. The molecule has 0 aromatic heterocycles. The largest absolute Gasteiger partial charge is 0.507 e. The Labute approximate surface area is 163 Å².